The summed E-state index contributed by atoms with van der Waals surface area (Å²) in [5.74, 6) is -0.282. The van der Waals surface area contributed by atoms with Gasteiger partial charge in [-0.3, -0.25) is 9.59 Å². The van der Waals surface area contributed by atoms with Crippen LogP contribution in [-0.2, 0) is 22.6 Å². The molecule has 2 rings (SSSR count). The smallest absolute Gasteiger partial charge is 0.239 e. The van der Waals surface area contributed by atoms with Gasteiger partial charge in [0.2, 0.25) is 11.8 Å². The zero-order chi connectivity index (χ0) is 18.2. The minimum Gasteiger partial charge on any atom is -0.354 e. The molecular formula is C20H23ClN2O2. The average Bonchev–Trinajstić information content (AvgIpc) is 2.56. The van der Waals surface area contributed by atoms with E-state index in [9.17, 15) is 9.59 Å². The molecule has 2 aromatic rings. The second-order valence-corrected chi connectivity index (χ2v) is 6.53. The van der Waals surface area contributed by atoms with Crippen LogP contribution in [0.1, 0.15) is 23.6 Å². The molecule has 0 aliphatic heterocycles. The van der Waals surface area contributed by atoms with Gasteiger partial charge in [-0.1, -0.05) is 53.6 Å². The maximum Gasteiger partial charge on any atom is 0.239 e. The lowest BCUT2D eigenvalue weighted by atomic mass is 10.1. The van der Waals surface area contributed by atoms with Crippen molar-refractivity contribution in [3.8, 4) is 0 Å². The standard InChI is InChI=1S/C20H23ClN2O2/c1-15-6-8-18(9-7-15)13-23(16(2)24)14-20(25)22-11-10-17-4-3-5-19(21)12-17/h3-9,12H,10-11,13-14H2,1-2H3,(H,22,25). The number of carbonyl (C=O) groups is 2. The van der Waals surface area contributed by atoms with Crippen LogP contribution in [-0.4, -0.2) is 29.8 Å². The molecule has 0 heterocycles. The van der Waals surface area contributed by atoms with Crippen LogP contribution >= 0.6 is 11.6 Å². The predicted octanol–water partition coefficient (Wildman–Crippen LogP) is 3.36. The van der Waals surface area contributed by atoms with Gasteiger partial charge in [0.1, 0.15) is 0 Å². The number of nitrogens with one attached hydrogen (secondary N) is 1. The van der Waals surface area contributed by atoms with E-state index in [2.05, 4.69) is 5.32 Å². The summed E-state index contributed by atoms with van der Waals surface area (Å²) in [6, 6.07) is 15.5. The lowest BCUT2D eigenvalue weighted by Crippen LogP contribution is -2.39. The van der Waals surface area contributed by atoms with Crippen LogP contribution in [0.3, 0.4) is 0 Å². The van der Waals surface area contributed by atoms with E-state index >= 15 is 0 Å². The molecule has 0 fully saturated rings. The van der Waals surface area contributed by atoms with E-state index in [-0.39, 0.29) is 18.4 Å². The van der Waals surface area contributed by atoms with Gasteiger partial charge in [-0.25, -0.2) is 0 Å². The Bertz CT molecular complexity index is 729. The molecule has 0 aromatic heterocycles. The highest BCUT2D eigenvalue weighted by Gasteiger charge is 2.14. The average molecular weight is 359 g/mol. The fourth-order valence-electron chi connectivity index (χ4n) is 2.46. The molecule has 0 aliphatic carbocycles. The van der Waals surface area contributed by atoms with Gasteiger partial charge in [-0.05, 0) is 36.6 Å². The number of hydrogen-bond donors (Lipinski definition) is 1. The molecule has 0 aliphatic rings. The summed E-state index contributed by atoms with van der Waals surface area (Å²) in [6.07, 6.45) is 0.699. The fraction of sp³-hybridized carbons (Fsp3) is 0.300. The molecule has 0 atom stereocenters. The SMILES string of the molecule is CC(=O)N(CC(=O)NCCc1cccc(Cl)c1)Cc1ccc(C)cc1. The number of rotatable bonds is 7. The first-order valence-electron chi connectivity index (χ1n) is 8.26. The van der Waals surface area contributed by atoms with Crippen molar-refractivity contribution in [3.63, 3.8) is 0 Å². The Morgan fingerprint density at radius 3 is 2.44 bits per heavy atom. The molecule has 0 unspecified atom stereocenters. The van der Waals surface area contributed by atoms with E-state index in [1.54, 1.807) is 4.90 Å². The normalized spacial score (nSPS) is 10.4. The van der Waals surface area contributed by atoms with Crippen molar-refractivity contribution in [2.75, 3.05) is 13.1 Å². The van der Waals surface area contributed by atoms with Crippen molar-refractivity contribution in [3.05, 3.63) is 70.2 Å². The highest BCUT2D eigenvalue weighted by Crippen LogP contribution is 2.11. The fourth-order valence-corrected chi connectivity index (χ4v) is 2.67. The van der Waals surface area contributed by atoms with E-state index in [1.807, 2.05) is 55.5 Å². The summed E-state index contributed by atoms with van der Waals surface area (Å²) in [5.41, 5.74) is 3.24. The van der Waals surface area contributed by atoms with E-state index in [4.69, 9.17) is 11.6 Å². The van der Waals surface area contributed by atoms with Crippen LogP contribution < -0.4 is 5.32 Å². The van der Waals surface area contributed by atoms with Gasteiger partial charge in [-0.15, -0.1) is 0 Å². The first-order chi connectivity index (χ1) is 11.9. The summed E-state index contributed by atoms with van der Waals surface area (Å²) in [7, 11) is 0. The Labute approximate surface area is 153 Å². The summed E-state index contributed by atoms with van der Waals surface area (Å²) < 4.78 is 0. The molecule has 0 spiro atoms. The number of amides is 2. The van der Waals surface area contributed by atoms with Gasteiger partial charge in [-0.2, -0.15) is 0 Å². The number of carbonyl (C=O) groups excluding carboxylic acids is 2. The zero-order valence-electron chi connectivity index (χ0n) is 14.6. The summed E-state index contributed by atoms with van der Waals surface area (Å²) in [5, 5.41) is 3.54. The Balaban J connectivity index is 1.83. The molecule has 25 heavy (non-hydrogen) atoms. The molecular weight excluding hydrogens is 336 g/mol. The van der Waals surface area contributed by atoms with E-state index in [0.717, 1.165) is 16.7 Å². The molecule has 0 saturated carbocycles. The number of nitrogens with zero attached hydrogens (tertiary/aromatic N) is 1. The summed E-state index contributed by atoms with van der Waals surface area (Å²) in [6.45, 7) is 4.48. The van der Waals surface area contributed by atoms with E-state index in [1.165, 1.54) is 6.92 Å². The lowest BCUT2D eigenvalue weighted by molar-refractivity contribution is -0.134. The number of aryl methyl sites for hydroxylation is 1. The maximum absolute atomic E-state index is 12.1. The van der Waals surface area contributed by atoms with Crippen molar-refractivity contribution in [2.45, 2.75) is 26.8 Å². The molecule has 0 bridgehead atoms. The minimum atomic E-state index is -0.163. The van der Waals surface area contributed by atoms with Crippen LogP contribution in [0.2, 0.25) is 5.02 Å². The predicted molar refractivity (Wildman–Crippen MR) is 100 cm³/mol. The lowest BCUT2D eigenvalue weighted by Gasteiger charge is -2.20. The highest BCUT2D eigenvalue weighted by atomic mass is 35.5. The van der Waals surface area contributed by atoms with Gasteiger partial charge in [0.25, 0.3) is 0 Å². The van der Waals surface area contributed by atoms with Gasteiger partial charge < -0.3 is 10.2 Å². The second-order valence-electron chi connectivity index (χ2n) is 6.09. The monoisotopic (exact) mass is 358 g/mol. The van der Waals surface area contributed by atoms with Crippen molar-refractivity contribution in [1.29, 1.82) is 0 Å². The Morgan fingerprint density at radius 1 is 1.08 bits per heavy atom. The van der Waals surface area contributed by atoms with Crippen molar-refractivity contribution in [2.24, 2.45) is 0 Å². The summed E-state index contributed by atoms with van der Waals surface area (Å²) >= 11 is 5.95. The second kappa shape index (κ2) is 9.23. The Morgan fingerprint density at radius 2 is 1.80 bits per heavy atom. The molecule has 132 valence electrons. The van der Waals surface area contributed by atoms with Crippen molar-refractivity contribution >= 4 is 23.4 Å². The number of benzene rings is 2. The van der Waals surface area contributed by atoms with E-state index < -0.39 is 0 Å². The van der Waals surface area contributed by atoms with Crippen LogP contribution in [0.25, 0.3) is 0 Å². The van der Waals surface area contributed by atoms with Crippen LogP contribution in [0.5, 0.6) is 0 Å². The van der Waals surface area contributed by atoms with E-state index in [0.29, 0.717) is 24.5 Å². The Hall–Kier alpha value is -2.33. The quantitative estimate of drug-likeness (QED) is 0.825. The maximum atomic E-state index is 12.1. The Kier molecular flexibility index (Phi) is 7.02. The molecule has 2 amide bonds. The van der Waals surface area contributed by atoms with Gasteiger partial charge in [0.15, 0.2) is 0 Å². The van der Waals surface area contributed by atoms with Crippen molar-refractivity contribution in [1.82, 2.24) is 10.2 Å². The van der Waals surface area contributed by atoms with Gasteiger partial charge in [0.05, 0.1) is 6.54 Å². The minimum absolute atomic E-state index is 0.0543. The number of hydrogen-bond acceptors (Lipinski definition) is 2. The van der Waals surface area contributed by atoms with Crippen LogP contribution in [0.4, 0.5) is 0 Å². The third-order valence-corrected chi connectivity index (χ3v) is 4.13. The number of halogens is 1. The third-order valence-electron chi connectivity index (χ3n) is 3.90. The molecule has 2 aromatic carbocycles. The molecule has 1 N–H and O–H groups in total. The molecule has 5 heteroatoms. The van der Waals surface area contributed by atoms with Crippen LogP contribution in [0, 0.1) is 6.92 Å². The summed E-state index contributed by atoms with van der Waals surface area (Å²) in [4.78, 5) is 25.5. The molecule has 0 radical (unpaired) electrons. The highest BCUT2D eigenvalue weighted by molar-refractivity contribution is 6.30. The third kappa shape index (κ3) is 6.59. The first kappa shape index (κ1) is 19.0. The van der Waals surface area contributed by atoms with Crippen molar-refractivity contribution < 1.29 is 9.59 Å². The van der Waals surface area contributed by atoms with Gasteiger partial charge >= 0.3 is 0 Å². The first-order valence-corrected chi connectivity index (χ1v) is 8.64. The zero-order valence-corrected chi connectivity index (χ0v) is 15.3. The molecule has 0 saturated heterocycles. The van der Waals surface area contributed by atoms with Gasteiger partial charge in [0, 0.05) is 25.0 Å². The topological polar surface area (TPSA) is 49.4 Å². The van der Waals surface area contributed by atoms with Crippen LogP contribution in [0.15, 0.2) is 48.5 Å². The molecule has 4 nitrogen and oxygen atoms in total. The largest absolute Gasteiger partial charge is 0.354 e.